The lowest BCUT2D eigenvalue weighted by atomic mass is 10.0. The maximum Gasteiger partial charge on any atom is 0.339 e. The number of aryl methyl sites for hydroxylation is 1. The van der Waals surface area contributed by atoms with Crippen molar-refractivity contribution in [3.05, 3.63) is 37.2 Å². The Hall–Kier alpha value is -1.37. The number of fused-ring (bicyclic) bond motifs is 1. The summed E-state index contributed by atoms with van der Waals surface area (Å²) in [6, 6.07) is 3.53. The van der Waals surface area contributed by atoms with Crippen LogP contribution in [0.3, 0.4) is 0 Å². The van der Waals surface area contributed by atoms with Crippen molar-refractivity contribution in [2.75, 3.05) is 0 Å². The van der Waals surface area contributed by atoms with Gasteiger partial charge >= 0.3 is 11.6 Å². The summed E-state index contributed by atoms with van der Waals surface area (Å²) in [5.74, 6) is 0.00825. The molecule has 2 rings (SSSR count). The van der Waals surface area contributed by atoms with Gasteiger partial charge in [-0.1, -0.05) is 6.92 Å². The van der Waals surface area contributed by atoms with Crippen LogP contribution in [0.5, 0.6) is 5.75 Å². The normalized spacial score (nSPS) is 10.7. The maximum absolute atomic E-state index is 11.9. The topological polar surface area (TPSA) is 56.5 Å². The number of halogens is 1. The van der Waals surface area contributed by atoms with Crippen molar-refractivity contribution in [1.29, 1.82) is 0 Å². The van der Waals surface area contributed by atoms with E-state index in [4.69, 9.17) is 9.15 Å². The number of ether oxygens (including phenoxy) is 1. The minimum atomic E-state index is -0.401. The molecule has 1 heterocycles. The fourth-order valence-electron chi connectivity index (χ4n) is 2.05. The Morgan fingerprint density at radius 3 is 2.68 bits per heavy atom. The van der Waals surface area contributed by atoms with E-state index in [2.05, 4.69) is 0 Å². The van der Waals surface area contributed by atoms with E-state index in [1.54, 1.807) is 6.07 Å². The molecule has 0 amide bonds. The van der Waals surface area contributed by atoms with Crippen molar-refractivity contribution in [3.8, 4) is 5.75 Å². The molecule has 2 aromatic rings. The highest BCUT2D eigenvalue weighted by atomic mass is 127. The summed E-state index contributed by atoms with van der Waals surface area (Å²) in [7, 11) is 0. The van der Waals surface area contributed by atoms with Gasteiger partial charge in [0.25, 0.3) is 0 Å². The number of carbonyl (C=O) groups excluding carboxylic acids is 1. The van der Waals surface area contributed by atoms with Gasteiger partial charge in [-0.3, -0.25) is 4.79 Å². The third-order valence-corrected chi connectivity index (χ3v) is 3.99. The SMILES string of the molecule is CCc1c(C)c2ccc(OC(C)=O)c(I)c2oc1=O. The molecule has 1 aromatic carbocycles. The van der Waals surface area contributed by atoms with Crippen molar-refractivity contribution >= 4 is 39.5 Å². The van der Waals surface area contributed by atoms with Crippen molar-refractivity contribution in [2.24, 2.45) is 0 Å². The third-order valence-electron chi connectivity index (χ3n) is 2.97. The van der Waals surface area contributed by atoms with Crippen LogP contribution in [-0.2, 0) is 11.2 Å². The zero-order valence-corrected chi connectivity index (χ0v) is 13.0. The minimum absolute atomic E-state index is 0.328. The first-order valence-electron chi connectivity index (χ1n) is 5.89. The van der Waals surface area contributed by atoms with Crippen molar-refractivity contribution in [3.63, 3.8) is 0 Å². The number of hydrogen-bond acceptors (Lipinski definition) is 4. The summed E-state index contributed by atoms with van der Waals surface area (Å²) in [5.41, 5.74) is 1.74. The van der Waals surface area contributed by atoms with Gasteiger partial charge in [-0.15, -0.1) is 0 Å². The molecule has 0 atom stereocenters. The van der Waals surface area contributed by atoms with Gasteiger partial charge < -0.3 is 9.15 Å². The Balaban J connectivity index is 2.77. The van der Waals surface area contributed by atoms with Crippen LogP contribution in [0.15, 0.2) is 21.3 Å². The van der Waals surface area contributed by atoms with Crippen LogP contribution in [0.1, 0.15) is 25.0 Å². The van der Waals surface area contributed by atoms with E-state index in [1.807, 2.05) is 42.5 Å². The lowest BCUT2D eigenvalue weighted by molar-refractivity contribution is -0.131. The van der Waals surface area contributed by atoms with E-state index in [9.17, 15) is 9.59 Å². The van der Waals surface area contributed by atoms with Gasteiger partial charge in [0.2, 0.25) is 0 Å². The molecule has 0 aliphatic carbocycles. The van der Waals surface area contributed by atoms with Gasteiger partial charge in [-0.25, -0.2) is 4.79 Å². The second kappa shape index (κ2) is 5.32. The van der Waals surface area contributed by atoms with Crippen molar-refractivity contribution < 1.29 is 13.9 Å². The molecule has 4 nitrogen and oxygen atoms in total. The van der Waals surface area contributed by atoms with Crippen LogP contribution in [0.25, 0.3) is 11.0 Å². The Kier molecular flexibility index (Phi) is 3.93. The summed E-state index contributed by atoms with van der Waals surface area (Å²) < 4.78 is 11.1. The molecule has 0 saturated carbocycles. The second-order valence-corrected chi connectivity index (χ2v) is 5.27. The molecule has 1 aromatic heterocycles. The first-order chi connectivity index (χ1) is 8.95. The first kappa shape index (κ1) is 14.0. The van der Waals surface area contributed by atoms with E-state index in [0.717, 1.165) is 10.9 Å². The average Bonchev–Trinajstić information content (AvgIpc) is 2.33. The maximum atomic E-state index is 11.9. The second-order valence-electron chi connectivity index (χ2n) is 4.19. The Labute approximate surface area is 123 Å². The summed E-state index contributed by atoms with van der Waals surface area (Å²) in [5, 5.41) is 0.872. The van der Waals surface area contributed by atoms with E-state index in [1.165, 1.54) is 6.92 Å². The van der Waals surface area contributed by atoms with Gasteiger partial charge in [0.15, 0.2) is 5.58 Å². The summed E-state index contributed by atoms with van der Waals surface area (Å²) in [4.78, 5) is 22.9. The van der Waals surface area contributed by atoms with E-state index in [-0.39, 0.29) is 5.63 Å². The lowest BCUT2D eigenvalue weighted by Gasteiger charge is -2.10. The molecular formula is C14H13IO4. The van der Waals surface area contributed by atoms with Gasteiger partial charge in [0.05, 0.1) is 3.57 Å². The average molecular weight is 372 g/mol. The fraction of sp³-hybridized carbons (Fsp3) is 0.286. The zero-order chi connectivity index (χ0) is 14.2. The number of benzene rings is 1. The molecule has 5 heteroatoms. The first-order valence-corrected chi connectivity index (χ1v) is 6.96. The highest BCUT2D eigenvalue weighted by Crippen LogP contribution is 2.31. The number of carbonyl (C=O) groups is 1. The Bertz CT molecular complexity index is 715. The van der Waals surface area contributed by atoms with Crippen LogP contribution >= 0.6 is 22.6 Å². The van der Waals surface area contributed by atoms with E-state index in [0.29, 0.717) is 26.9 Å². The molecule has 0 spiro atoms. The minimum Gasteiger partial charge on any atom is -0.425 e. The molecular weight excluding hydrogens is 359 g/mol. The zero-order valence-electron chi connectivity index (χ0n) is 10.9. The van der Waals surface area contributed by atoms with Gasteiger partial charge in [0.1, 0.15) is 5.75 Å². The molecule has 0 aliphatic rings. The highest BCUT2D eigenvalue weighted by Gasteiger charge is 2.15. The number of esters is 1. The Morgan fingerprint density at radius 2 is 2.11 bits per heavy atom. The van der Waals surface area contributed by atoms with Crippen molar-refractivity contribution in [2.45, 2.75) is 27.2 Å². The molecule has 0 unspecified atom stereocenters. The van der Waals surface area contributed by atoms with E-state index >= 15 is 0 Å². The smallest absolute Gasteiger partial charge is 0.339 e. The molecule has 0 N–H and O–H groups in total. The highest BCUT2D eigenvalue weighted by molar-refractivity contribution is 14.1. The lowest BCUT2D eigenvalue weighted by Crippen LogP contribution is -2.10. The third kappa shape index (κ3) is 2.51. The van der Waals surface area contributed by atoms with E-state index < -0.39 is 5.97 Å². The molecule has 0 bridgehead atoms. The van der Waals surface area contributed by atoms with Crippen LogP contribution in [0, 0.1) is 10.5 Å². The number of rotatable bonds is 2. The standard InChI is InChI=1S/C14H13IO4/c1-4-9-7(2)10-5-6-11(18-8(3)16)12(15)13(10)19-14(9)17/h5-6H,4H2,1-3H3. The number of hydrogen-bond donors (Lipinski definition) is 0. The van der Waals surface area contributed by atoms with Crippen molar-refractivity contribution in [1.82, 2.24) is 0 Å². The van der Waals surface area contributed by atoms with Gasteiger partial charge in [-0.2, -0.15) is 0 Å². The van der Waals surface area contributed by atoms with Crippen LogP contribution < -0.4 is 10.4 Å². The molecule has 0 saturated heterocycles. The molecule has 0 fully saturated rings. The molecule has 19 heavy (non-hydrogen) atoms. The summed E-state index contributed by atoms with van der Waals surface area (Å²) in [6.07, 6.45) is 0.631. The molecule has 0 radical (unpaired) electrons. The van der Waals surface area contributed by atoms with Crippen LogP contribution in [-0.4, -0.2) is 5.97 Å². The summed E-state index contributed by atoms with van der Waals surface area (Å²) in [6.45, 7) is 5.16. The molecule has 100 valence electrons. The predicted octanol–water partition coefficient (Wildman–Crippen LogP) is 3.19. The fourth-order valence-corrected chi connectivity index (χ4v) is 2.74. The van der Waals surface area contributed by atoms with Crippen LogP contribution in [0.2, 0.25) is 0 Å². The van der Waals surface area contributed by atoms with Crippen LogP contribution in [0.4, 0.5) is 0 Å². The van der Waals surface area contributed by atoms with Gasteiger partial charge in [-0.05, 0) is 53.6 Å². The largest absolute Gasteiger partial charge is 0.425 e. The quantitative estimate of drug-likeness (QED) is 0.352. The monoisotopic (exact) mass is 372 g/mol. The van der Waals surface area contributed by atoms with Gasteiger partial charge in [0, 0.05) is 17.9 Å². The predicted molar refractivity (Wildman–Crippen MR) is 80.6 cm³/mol. The molecule has 0 aliphatic heterocycles. The summed E-state index contributed by atoms with van der Waals surface area (Å²) >= 11 is 2.02. The Morgan fingerprint density at radius 1 is 1.42 bits per heavy atom.